The molecule has 1 aliphatic heterocycles. The van der Waals surface area contributed by atoms with Crippen molar-refractivity contribution < 1.29 is 13.2 Å². The molecule has 1 saturated heterocycles. The predicted molar refractivity (Wildman–Crippen MR) is 72.2 cm³/mol. The summed E-state index contributed by atoms with van der Waals surface area (Å²) in [6.07, 6.45) is -2.37. The number of hydrogen-bond donors (Lipinski definition) is 1. The Balaban J connectivity index is 2.48. The molecule has 1 aliphatic rings. The van der Waals surface area contributed by atoms with Gasteiger partial charge in [0.05, 0.1) is 0 Å². The second kappa shape index (κ2) is 7.48. The molecular weight excluding hydrogens is 253 g/mol. The van der Waals surface area contributed by atoms with Gasteiger partial charge in [0.1, 0.15) is 0 Å². The van der Waals surface area contributed by atoms with Gasteiger partial charge in [0.2, 0.25) is 0 Å². The van der Waals surface area contributed by atoms with E-state index in [2.05, 4.69) is 31.0 Å². The molecule has 19 heavy (non-hydrogen) atoms. The van der Waals surface area contributed by atoms with E-state index in [1.54, 1.807) is 0 Å². The molecule has 1 N–H and O–H groups in total. The molecule has 0 saturated carbocycles. The van der Waals surface area contributed by atoms with Crippen LogP contribution in [0.4, 0.5) is 13.2 Å². The molecular formula is C14H27F3N2. The highest BCUT2D eigenvalue weighted by atomic mass is 19.4. The van der Waals surface area contributed by atoms with Crippen LogP contribution in [-0.2, 0) is 0 Å². The van der Waals surface area contributed by atoms with Gasteiger partial charge in [-0.1, -0.05) is 20.3 Å². The average molecular weight is 280 g/mol. The van der Waals surface area contributed by atoms with E-state index in [-0.39, 0.29) is 6.42 Å². The number of nitrogens with one attached hydrogen (secondary N) is 1. The van der Waals surface area contributed by atoms with Gasteiger partial charge in [-0.15, -0.1) is 0 Å². The highest BCUT2D eigenvalue weighted by Crippen LogP contribution is 2.23. The van der Waals surface area contributed by atoms with Gasteiger partial charge in [0.15, 0.2) is 0 Å². The van der Waals surface area contributed by atoms with Crippen LogP contribution in [0.1, 0.15) is 46.5 Å². The third-order valence-corrected chi connectivity index (χ3v) is 4.26. The lowest BCUT2D eigenvalue weighted by Gasteiger charge is -2.31. The van der Waals surface area contributed by atoms with Crippen LogP contribution in [0.15, 0.2) is 0 Å². The third kappa shape index (κ3) is 6.13. The van der Waals surface area contributed by atoms with Gasteiger partial charge in [-0.3, -0.25) is 4.90 Å². The monoisotopic (exact) mass is 280 g/mol. The molecule has 2 nitrogen and oxygen atoms in total. The Bertz CT molecular complexity index is 256. The molecule has 0 amide bonds. The van der Waals surface area contributed by atoms with Crippen molar-refractivity contribution in [2.24, 2.45) is 5.92 Å². The first kappa shape index (κ1) is 16.8. The summed E-state index contributed by atoms with van der Waals surface area (Å²) in [7, 11) is 0. The highest BCUT2D eigenvalue weighted by molar-refractivity contribution is 4.83. The standard InChI is InChI=1S/C14H27F3N2/c1-4-11(2)13-10-19(12(3)6-8-18-13)9-5-7-14(15,16)17/h11-13,18H,4-10H2,1-3H3. The van der Waals surface area contributed by atoms with Crippen molar-refractivity contribution in [3.63, 3.8) is 0 Å². The van der Waals surface area contributed by atoms with Crippen molar-refractivity contribution in [2.45, 2.75) is 64.7 Å². The van der Waals surface area contributed by atoms with E-state index in [4.69, 9.17) is 0 Å². The van der Waals surface area contributed by atoms with Gasteiger partial charge in [0.25, 0.3) is 0 Å². The van der Waals surface area contributed by atoms with E-state index in [9.17, 15) is 13.2 Å². The van der Waals surface area contributed by atoms with Gasteiger partial charge < -0.3 is 5.32 Å². The molecule has 0 aliphatic carbocycles. The zero-order valence-corrected chi connectivity index (χ0v) is 12.3. The van der Waals surface area contributed by atoms with Crippen molar-refractivity contribution in [1.82, 2.24) is 10.2 Å². The first-order chi connectivity index (χ1) is 8.83. The van der Waals surface area contributed by atoms with E-state index < -0.39 is 12.6 Å². The van der Waals surface area contributed by atoms with Crippen LogP contribution in [-0.4, -0.2) is 42.8 Å². The molecule has 0 radical (unpaired) electrons. The minimum atomic E-state index is -4.02. The maximum atomic E-state index is 12.2. The van der Waals surface area contributed by atoms with Crippen molar-refractivity contribution in [3.8, 4) is 0 Å². The van der Waals surface area contributed by atoms with Crippen molar-refractivity contribution >= 4 is 0 Å². The summed E-state index contributed by atoms with van der Waals surface area (Å²) in [6.45, 7) is 8.87. The van der Waals surface area contributed by atoms with Gasteiger partial charge in [0, 0.05) is 25.0 Å². The van der Waals surface area contributed by atoms with Crippen LogP contribution in [0.5, 0.6) is 0 Å². The Kier molecular flexibility index (Phi) is 6.60. The Morgan fingerprint density at radius 2 is 2.05 bits per heavy atom. The summed E-state index contributed by atoms with van der Waals surface area (Å²) in [5, 5.41) is 3.54. The minimum absolute atomic E-state index is 0.209. The second-order valence-corrected chi connectivity index (χ2v) is 5.80. The van der Waals surface area contributed by atoms with E-state index >= 15 is 0 Å². The lowest BCUT2D eigenvalue weighted by Crippen LogP contribution is -2.44. The van der Waals surface area contributed by atoms with Crippen LogP contribution in [0.3, 0.4) is 0 Å². The Labute approximate surface area is 114 Å². The number of alkyl halides is 3. The first-order valence-corrected chi connectivity index (χ1v) is 7.37. The Morgan fingerprint density at radius 3 is 2.63 bits per heavy atom. The molecule has 0 aromatic carbocycles. The third-order valence-electron chi connectivity index (χ3n) is 4.26. The fraction of sp³-hybridized carbons (Fsp3) is 1.00. The normalized spacial score (nSPS) is 28.1. The maximum absolute atomic E-state index is 12.2. The summed E-state index contributed by atoms with van der Waals surface area (Å²) in [5.41, 5.74) is 0. The summed E-state index contributed by atoms with van der Waals surface area (Å²) < 4.78 is 36.6. The second-order valence-electron chi connectivity index (χ2n) is 5.80. The summed E-state index contributed by atoms with van der Waals surface area (Å²) in [5.74, 6) is 0.565. The number of nitrogens with zero attached hydrogens (tertiary/aromatic N) is 1. The zero-order valence-electron chi connectivity index (χ0n) is 12.3. The van der Waals surface area contributed by atoms with Crippen LogP contribution in [0, 0.1) is 5.92 Å². The summed E-state index contributed by atoms with van der Waals surface area (Å²) in [4.78, 5) is 2.22. The molecule has 3 unspecified atom stereocenters. The van der Waals surface area contributed by atoms with Crippen molar-refractivity contribution in [1.29, 1.82) is 0 Å². The van der Waals surface area contributed by atoms with Crippen molar-refractivity contribution in [3.05, 3.63) is 0 Å². The van der Waals surface area contributed by atoms with E-state index in [1.165, 1.54) is 0 Å². The maximum Gasteiger partial charge on any atom is 0.389 e. The summed E-state index contributed by atoms with van der Waals surface area (Å²) in [6, 6.07) is 0.774. The lowest BCUT2D eigenvalue weighted by molar-refractivity contribution is -0.136. The van der Waals surface area contributed by atoms with Gasteiger partial charge in [-0.2, -0.15) is 13.2 Å². The Morgan fingerprint density at radius 1 is 1.37 bits per heavy atom. The lowest BCUT2D eigenvalue weighted by atomic mass is 9.98. The van der Waals surface area contributed by atoms with Crippen LogP contribution >= 0.6 is 0 Å². The quantitative estimate of drug-likeness (QED) is 0.830. The minimum Gasteiger partial charge on any atom is -0.312 e. The van der Waals surface area contributed by atoms with Gasteiger partial charge in [-0.05, 0) is 38.8 Å². The SMILES string of the molecule is CCC(C)C1CN(CCCC(F)(F)F)C(C)CCN1. The average Bonchev–Trinajstić information content (AvgIpc) is 2.50. The largest absolute Gasteiger partial charge is 0.389 e. The molecule has 1 heterocycles. The molecule has 3 atom stereocenters. The fourth-order valence-corrected chi connectivity index (χ4v) is 2.62. The zero-order chi connectivity index (χ0) is 14.5. The fourth-order valence-electron chi connectivity index (χ4n) is 2.62. The number of hydrogen-bond acceptors (Lipinski definition) is 2. The van der Waals surface area contributed by atoms with Crippen LogP contribution in [0.25, 0.3) is 0 Å². The highest BCUT2D eigenvalue weighted by Gasteiger charge is 2.29. The smallest absolute Gasteiger partial charge is 0.312 e. The summed E-state index contributed by atoms with van der Waals surface area (Å²) >= 11 is 0. The van der Waals surface area contributed by atoms with E-state index in [1.807, 2.05) is 0 Å². The van der Waals surface area contributed by atoms with E-state index in [0.29, 0.717) is 24.5 Å². The Hall–Kier alpha value is -0.290. The topological polar surface area (TPSA) is 15.3 Å². The number of rotatable bonds is 5. The molecule has 0 aromatic heterocycles. The number of halogens is 3. The predicted octanol–water partition coefficient (Wildman–Crippen LogP) is 3.43. The van der Waals surface area contributed by atoms with Gasteiger partial charge >= 0.3 is 6.18 Å². The molecule has 114 valence electrons. The molecule has 1 rings (SSSR count). The molecule has 0 bridgehead atoms. The molecule has 0 aromatic rings. The van der Waals surface area contributed by atoms with Gasteiger partial charge in [-0.25, -0.2) is 0 Å². The molecule has 0 spiro atoms. The first-order valence-electron chi connectivity index (χ1n) is 7.37. The molecule has 5 heteroatoms. The van der Waals surface area contributed by atoms with E-state index in [0.717, 1.165) is 25.9 Å². The molecule has 1 fully saturated rings. The van der Waals surface area contributed by atoms with Crippen LogP contribution < -0.4 is 5.32 Å². The van der Waals surface area contributed by atoms with Crippen molar-refractivity contribution in [2.75, 3.05) is 19.6 Å². The van der Waals surface area contributed by atoms with Crippen LogP contribution in [0.2, 0.25) is 0 Å².